The SMILES string of the molecule is C[C@@H](N)c1cc(F)ccc1OCC1CCOC1. The van der Waals surface area contributed by atoms with Crippen molar-refractivity contribution in [2.45, 2.75) is 19.4 Å². The standard InChI is InChI=1S/C13H18FNO2/c1-9(15)12-6-11(14)2-3-13(12)17-8-10-4-5-16-7-10/h2-3,6,9-10H,4-5,7-8,15H2,1H3/t9-,10?/m1/s1. The summed E-state index contributed by atoms with van der Waals surface area (Å²) in [5, 5.41) is 0. The zero-order valence-corrected chi connectivity index (χ0v) is 9.99. The van der Waals surface area contributed by atoms with Gasteiger partial charge in [0.1, 0.15) is 11.6 Å². The molecular weight excluding hydrogens is 221 g/mol. The Morgan fingerprint density at radius 2 is 2.41 bits per heavy atom. The molecule has 0 aromatic heterocycles. The summed E-state index contributed by atoms with van der Waals surface area (Å²) < 4.78 is 24.1. The molecular formula is C13H18FNO2. The summed E-state index contributed by atoms with van der Waals surface area (Å²) in [4.78, 5) is 0. The van der Waals surface area contributed by atoms with Gasteiger partial charge in [0, 0.05) is 24.1 Å². The van der Waals surface area contributed by atoms with E-state index in [0.29, 0.717) is 23.8 Å². The minimum absolute atomic E-state index is 0.236. The normalized spacial score (nSPS) is 21.5. The minimum Gasteiger partial charge on any atom is -0.493 e. The molecule has 0 aliphatic carbocycles. The van der Waals surface area contributed by atoms with Crippen molar-refractivity contribution in [1.29, 1.82) is 0 Å². The molecule has 0 bridgehead atoms. The van der Waals surface area contributed by atoms with E-state index in [1.165, 1.54) is 12.1 Å². The molecule has 1 aliphatic rings. The van der Waals surface area contributed by atoms with Gasteiger partial charge in [-0.15, -0.1) is 0 Å². The maximum atomic E-state index is 13.1. The van der Waals surface area contributed by atoms with Crippen LogP contribution >= 0.6 is 0 Å². The molecule has 1 fully saturated rings. The van der Waals surface area contributed by atoms with E-state index in [4.69, 9.17) is 15.2 Å². The molecule has 17 heavy (non-hydrogen) atoms. The Balaban J connectivity index is 2.03. The highest BCUT2D eigenvalue weighted by Gasteiger charge is 2.17. The number of ether oxygens (including phenoxy) is 2. The summed E-state index contributed by atoms with van der Waals surface area (Å²) >= 11 is 0. The highest BCUT2D eigenvalue weighted by atomic mass is 19.1. The molecule has 0 radical (unpaired) electrons. The highest BCUT2D eigenvalue weighted by molar-refractivity contribution is 5.36. The van der Waals surface area contributed by atoms with Crippen LogP contribution in [0.15, 0.2) is 18.2 Å². The van der Waals surface area contributed by atoms with E-state index in [1.54, 1.807) is 6.07 Å². The van der Waals surface area contributed by atoms with Gasteiger partial charge < -0.3 is 15.2 Å². The van der Waals surface area contributed by atoms with Gasteiger partial charge in [-0.2, -0.15) is 0 Å². The number of halogens is 1. The number of hydrogen-bond acceptors (Lipinski definition) is 3. The Labute approximate surface area is 101 Å². The van der Waals surface area contributed by atoms with Crippen LogP contribution in [0.3, 0.4) is 0 Å². The third-order valence-corrected chi connectivity index (χ3v) is 2.96. The summed E-state index contributed by atoms with van der Waals surface area (Å²) in [5.74, 6) is 0.822. The average Bonchev–Trinajstić information content (AvgIpc) is 2.80. The van der Waals surface area contributed by atoms with E-state index in [1.807, 2.05) is 6.92 Å². The van der Waals surface area contributed by atoms with Crippen molar-refractivity contribution in [3.63, 3.8) is 0 Å². The second-order valence-electron chi connectivity index (χ2n) is 4.51. The predicted molar refractivity (Wildman–Crippen MR) is 63.4 cm³/mol. The van der Waals surface area contributed by atoms with Crippen molar-refractivity contribution >= 4 is 0 Å². The lowest BCUT2D eigenvalue weighted by molar-refractivity contribution is 0.166. The fraction of sp³-hybridized carbons (Fsp3) is 0.538. The number of hydrogen-bond donors (Lipinski definition) is 1. The van der Waals surface area contributed by atoms with Crippen LogP contribution in [-0.2, 0) is 4.74 Å². The van der Waals surface area contributed by atoms with E-state index >= 15 is 0 Å². The van der Waals surface area contributed by atoms with E-state index < -0.39 is 0 Å². The summed E-state index contributed by atoms with van der Waals surface area (Å²) in [6.07, 6.45) is 1.02. The molecule has 0 saturated carbocycles. The van der Waals surface area contributed by atoms with Gasteiger partial charge in [0.2, 0.25) is 0 Å². The molecule has 2 N–H and O–H groups in total. The number of benzene rings is 1. The molecule has 2 atom stereocenters. The molecule has 1 unspecified atom stereocenters. The first kappa shape index (κ1) is 12.3. The first-order valence-corrected chi connectivity index (χ1v) is 5.92. The third-order valence-electron chi connectivity index (χ3n) is 2.96. The number of rotatable bonds is 4. The van der Waals surface area contributed by atoms with E-state index in [-0.39, 0.29) is 11.9 Å². The van der Waals surface area contributed by atoms with Crippen LogP contribution < -0.4 is 10.5 Å². The summed E-state index contributed by atoms with van der Waals surface area (Å²) in [6, 6.07) is 4.24. The molecule has 0 amide bonds. The van der Waals surface area contributed by atoms with Crippen molar-refractivity contribution in [2.75, 3.05) is 19.8 Å². The molecule has 1 saturated heterocycles. The predicted octanol–water partition coefficient (Wildman–Crippen LogP) is 2.26. The summed E-state index contributed by atoms with van der Waals surface area (Å²) in [5.41, 5.74) is 6.51. The van der Waals surface area contributed by atoms with Crippen molar-refractivity contribution in [3.8, 4) is 5.75 Å². The van der Waals surface area contributed by atoms with Gasteiger partial charge in [-0.05, 0) is 31.5 Å². The van der Waals surface area contributed by atoms with Gasteiger partial charge >= 0.3 is 0 Å². The van der Waals surface area contributed by atoms with Crippen LogP contribution in [0.4, 0.5) is 4.39 Å². The first-order chi connectivity index (χ1) is 8.16. The van der Waals surface area contributed by atoms with Crippen molar-refractivity contribution in [3.05, 3.63) is 29.6 Å². The Kier molecular flexibility index (Phi) is 3.97. The molecule has 2 rings (SSSR count). The molecule has 1 aliphatic heterocycles. The molecule has 1 heterocycles. The van der Waals surface area contributed by atoms with Crippen LogP contribution in [-0.4, -0.2) is 19.8 Å². The monoisotopic (exact) mass is 239 g/mol. The van der Waals surface area contributed by atoms with Crippen molar-refractivity contribution in [1.82, 2.24) is 0 Å². The third kappa shape index (κ3) is 3.17. The van der Waals surface area contributed by atoms with E-state index in [0.717, 1.165) is 19.6 Å². The summed E-state index contributed by atoms with van der Waals surface area (Å²) in [6.45, 7) is 3.97. The molecule has 0 spiro atoms. The van der Waals surface area contributed by atoms with Crippen LogP contribution in [0.1, 0.15) is 24.9 Å². The molecule has 94 valence electrons. The zero-order chi connectivity index (χ0) is 12.3. The van der Waals surface area contributed by atoms with Crippen molar-refractivity contribution < 1.29 is 13.9 Å². The number of nitrogens with two attached hydrogens (primary N) is 1. The largest absolute Gasteiger partial charge is 0.493 e. The van der Waals surface area contributed by atoms with Crippen LogP contribution in [0.25, 0.3) is 0 Å². The van der Waals surface area contributed by atoms with Crippen LogP contribution in [0, 0.1) is 11.7 Å². The van der Waals surface area contributed by atoms with Gasteiger partial charge in [-0.1, -0.05) is 0 Å². The Morgan fingerprint density at radius 3 is 3.06 bits per heavy atom. The molecule has 4 heteroatoms. The Hall–Kier alpha value is -1.13. The maximum Gasteiger partial charge on any atom is 0.124 e. The highest BCUT2D eigenvalue weighted by Crippen LogP contribution is 2.26. The fourth-order valence-electron chi connectivity index (χ4n) is 1.93. The van der Waals surface area contributed by atoms with E-state index in [9.17, 15) is 4.39 Å². The lowest BCUT2D eigenvalue weighted by Crippen LogP contribution is -2.14. The quantitative estimate of drug-likeness (QED) is 0.876. The maximum absolute atomic E-state index is 13.1. The smallest absolute Gasteiger partial charge is 0.124 e. The fourth-order valence-corrected chi connectivity index (χ4v) is 1.93. The average molecular weight is 239 g/mol. The van der Waals surface area contributed by atoms with E-state index in [2.05, 4.69) is 0 Å². The van der Waals surface area contributed by atoms with Crippen LogP contribution in [0.5, 0.6) is 5.75 Å². The topological polar surface area (TPSA) is 44.5 Å². The van der Waals surface area contributed by atoms with Gasteiger partial charge in [0.15, 0.2) is 0 Å². The molecule has 3 nitrogen and oxygen atoms in total. The van der Waals surface area contributed by atoms with Crippen LogP contribution in [0.2, 0.25) is 0 Å². The first-order valence-electron chi connectivity index (χ1n) is 5.92. The second kappa shape index (κ2) is 5.47. The second-order valence-corrected chi connectivity index (χ2v) is 4.51. The van der Waals surface area contributed by atoms with Gasteiger partial charge in [0.25, 0.3) is 0 Å². The zero-order valence-electron chi connectivity index (χ0n) is 9.99. The van der Waals surface area contributed by atoms with Gasteiger partial charge in [-0.25, -0.2) is 4.39 Å². The lowest BCUT2D eigenvalue weighted by Gasteiger charge is -2.16. The Bertz CT molecular complexity index is 376. The Morgan fingerprint density at radius 1 is 1.59 bits per heavy atom. The lowest BCUT2D eigenvalue weighted by atomic mass is 10.1. The molecule has 1 aromatic rings. The van der Waals surface area contributed by atoms with Gasteiger partial charge in [0.05, 0.1) is 13.2 Å². The summed E-state index contributed by atoms with van der Waals surface area (Å²) in [7, 11) is 0. The van der Waals surface area contributed by atoms with Gasteiger partial charge in [-0.3, -0.25) is 0 Å². The van der Waals surface area contributed by atoms with Crippen molar-refractivity contribution in [2.24, 2.45) is 11.7 Å². The minimum atomic E-state index is -0.283. The molecule has 1 aromatic carbocycles.